The molecule has 0 bridgehead atoms. The molecular formula is C17H18N2O3S. The lowest BCUT2D eigenvalue weighted by atomic mass is 10.1. The van der Waals surface area contributed by atoms with Gasteiger partial charge in [0.05, 0.1) is 16.5 Å². The Morgan fingerprint density at radius 1 is 1.22 bits per heavy atom. The van der Waals surface area contributed by atoms with Crippen LogP contribution in [0.25, 0.3) is 0 Å². The van der Waals surface area contributed by atoms with Gasteiger partial charge < -0.3 is 4.90 Å². The van der Waals surface area contributed by atoms with E-state index in [0.717, 1.165) is 11.3 Å². The van der Waals surface area contributed by atoms with E-state index in [1.54, 1.807) is 30.3 Å². The maximum absolute atomic E-state index is 11.5. The molecule has 0 saturated heterocycles. The van der Waals surface area contributed by atoms with Crippen molar-refractivity contribution in [3.05, 3.63) is 59.2 Å². The average Bonchev–Trinajstić information content (AvgIpc) is 2.51. The molecule has 5 nitrogen and oxygen atoms in total. The molecule has 0 aliphatic heterocycles. The fourth-order valence-electron chi connectivity index (χ4n) is 2.39. The fourth-order valence-corrected chi connectivity index (χ4v) is 3.12. The predicted octanol–water partition coefficient (Wildman–Crippen LogP) is 2.79. The Hall–Kier alpha value is -2.36. The molecule has 120 valence electrons. The van der Waals surface area contributed by atoms with E-state index in [4.69, 9.17) is 5.26 Å². The minimum Gasteiger partial charge on any atom is -0.374 e. The van der Waals surface area contributed by atoms with Gasteiger partial charge in [-0.2, -0.15) is 13.7 Å². The maximum Gasteiger partial charge on any atom is 0.294 e. The molecule has 6 heteroatoms. The normalized spacial score (nSPS) is 11.0. The van der Waals surface area contributed by atoms with Gasteiger partial charge >= 0.3 is 0 Å². The third kappa shape index (κ3) is 4.31. The number of likely N-dealkylation sites (N-methyl/N-ethyl adjacent to an activating group) is 1. The Bertz CT molecular complexity index is 854. The molecule has 0 atom stereocenters. The van der Waals surface area contributed by atoms with Crippen molar-refractivity contribution in [2.45, 2.75) is 18.2 Å². The van der Waals surface area contributed by atoms with Crippen LogP contribution in [0.5, 0.6) is 0 Å². The van der Waals surface area contributed by atoms with E-state index < -0.39 is 10.1 Å². The average molecular weight is 330 g/mol. The van der Waals surface area contributed by atoms with E-state index in [2.05, 4.69) is 6.07 Å². The number of nitriles is 1. The first-order valence-corrected chi connectivity index (χ1v) is 8.53. The molecule has 0 aliphatic carbocycles. The second kappa shape index (κ2) is 6.82. The first-order chi connectivity index (χ1) is 10.8. The van der Waals surface area contributed by atoms with Gasteiger partial charge in [0.25, 0.3) is 10.1 Å². The van der Waals surface area contributed by atoms with Crippen molar-refractivity contribution in [3.63, 3.8) is 0 Å². The van der Waals surface area contributed by atoms with Gasteiger partial charge in [-0.15, -0.1) is 0 Å². The number of benzene rings is 2. The van der Waals surface area contributed by atoms with Crippen LogP contribution in [0.15, 0.2) is 47.4 Å². The summed E-state index contributed by atoms with van der Waals surface area (Å²) in [6, 6.07) is 14.2. The van der Waals surface area contributed by atoms with Crippen molar-refractivity contribution >= 4 is 15.8 Å². The van der Waals surface area contributed by atoms with Gasteiger partial charge in [-0.25, -0.2) is 0 Å². The van der Waals surface area contributed by atoms with Crippen molar-refractivity contribution in [2.24, 2.45) is 0 Å². The summed E-state index contributed by atoms with van der Waals surface area (Å²) in [7, 11) is -2.36. The lowest BCUT2D eigenvalue weighted by molar-refractivity contribution is 0.482. The molecule has 2 rings (SSSR count). The molecule has 0 amide bonds. The molecule has 2 aromatic carbocycles. The topological polar surface area (TPSA) is 81.4 Å². The summed E-state index contributed by atoms with van der Waals surface area (Å²) < 4.78 is 32.3. The summed E-state index contributed by atoms with van der Waals surface area (Å²) in [6.07, 6.45) is 0.462. The molecule has 0 fully saturated rings. The van der Waals surface area contributed by atoms with E-state index in [-0.39, 0.29) is 4.90 Å². The Morgan fingerprint density at radius 3 is 2.61 bits per heavy atom. The minimum absolute atomic E-state index is 0.0534. The summed E-state index contributed by atoms with van der Waals surface area (Å²) >= 11 is 0. The van der Waals surface area contributed by atoms with Crippen LogP contribution in [-0.4, -0.2) is 26.6 Å². The molecule has 0 unspecified atom stereocenters. The first-order valence-electron chi connectivity index (χ1n) is 7.09. The fraction of sp³-hybridized carbons (Fsp3) is 0.235. The SMILES string of the molecule is Cc1ccc(S(=O)(=O)O)c(CCN(C)c2cccc(C#N)c2)c1. The number of rotatable bonds is 5. The lowest BCUT2D eigenvalue weighted by Crippen LogP contribution is -2.21. The molecule has 0 aliphatic rings. The quantitative estimate of drug-likeness (QED) is 0.853. The summed E-state index contributed by atoms with van der Waals surface area (Å²) in [6.45, 7) is 2.43. The third-order valence-electron chi connectivity index (χ3n) is 3.63. The highest BCUT2D eigenvalue weighted by Gasteiger charge is 2.15. The second-order valence-electron chi connectivity index (χ2n) is 5.42. The van der Waals surface area contributed by atoms with Gasteiger partial charge in [-0.3, -0.25) is 4.55 Å². The summed E-state index contributed by atoms with van der Waals surface area (Å²) in [4.78, 5) is 1.89. The highest BCUT2D eigenvalue weighted by atomic mass is 32.2. The molecular weight excluding hydrogens is 312 g/mol. The highest BCUT2D eigenvalue weighted by Crippen LogP contribution is 2.20. The molecule has 1 N–H and O–H groups in total. The Kier molecular flexibility index (Phi) is 5.04. The summed E-state index contributed by atoms with van der Waals surface area (Å²) in [5.41, 5.74) is 2.96. The van der Waals surface area contributed by atoms with E-state index in [9.17, 15) is 13.0 Å². The zero-order valence-corrected chi connectivity index (χ0v) is 13.8. The van der Waals surface area contributed by atoms with Crippen molar-refractivity contribution in [2.75, 3.05) is 18.5 Å². The highest BCUT2D eigenvalue weighted by molar-refractivity contribution is 7.85. The van der Waals surface area contributed by atoms with E-state index in [0.29, 0.717) is 24.1 Å². The molecule has 0 heterocycles. The smallest absolute Gasteiger partial charge is 0.294 e. The summed E-state index contributed by atoms with van der Waals surface area (Å²) in [5.74, 6) is 0. The van der Waals surface area contributed by atoms with Crippen LogP contribution in [0.1, 0.15) is 16.7 Å². The van der Waals surface area contributed by atoms with E-state index >= 15 is 0 Å². The van der Waals surface area contributed by atoms with Crippen LogP contribution in [0, 0.1) is 18.3 Å². The zero-order valence-electron chi connectivity index (χ0n) is 13.0. The molecule has 23 heavy (non-hydrogen) atoms. The van der Waals surface area contributed by atoms with E-state index in [1.807, 2.05) is 24.9 Å². The molecule has 0 saturated carbocycles. The molecule has 0 spiro atoms. The number of hydrogen-bond donors (Lipinski definition) is 1. The van der Waals surface area contributed by atoms with Crippen LogP contribution >= 0.6 is 0 Å². The minimum atomic E-state index is -4.24. The third-order valence-corrected chi connectivity index (χ3v) is 4.58. The largest absolute Gasteiger partial charge is 0.374 e. The van der Waals surface area contributed by atoms with Crippen LogP contribution in [0.3, 0.4) is 0 Å². The van der Waals surface area contributed by atoms with Crippen molar-refractivity contribution in [1.82, 2.24) is 0 Å². The zero-order chi connectivity index (χ0) is 17.0. The first kappa shape index (κ1) is 17.0. The van der Waals surface area contributed by atoms with Crippen LogP contribution in [0.4, 0.5) is 5.69 Å². The van der Waals surface area contributed by atoms with Gasteiger partial charge in [-0.1, -0.05) is 23.8 Å². The van der Waals surface area contributed by atoms with Crippen molar-refractivity contribution in [1.29, 1.82) is 5.26 Å². The van der Waals surface area contributed by atoms with Gasteiger partial charge in [-0.05, 0) is 43.2 Å². The van der Waals surface area contributed by atoms with Crippen molar-refractivity contribution < 1.29 is 13.0 Å². The molecule has 2 aromatic rings. The lowest BCUT2D eigenvalue weighted by Gasteiger charge is -2.20. The number of hydrogen-bond acceptors (Lipinski definition) is 4. The van der Waals surface area contributed by atoms with Gasteiger partial charge in [0.1, 0.15) is 0 Å². The predicted molar refractivity (Wildman–Crippen MR) is 89.1 cm³/mol. The van der Waals surface area contributed by atoms with Crippen LogP contribution in [0.2, 0.25) is 0 Å². The second-order valence-corrected chi connectivity index (χ2v) is 6.81. The molecule has 0 aromatic heterocycles. The Balaban J connectivity index is 2.20. The molecule has 0 radical (unpaired) electrons. The Morgan fingerprint density at radius 2 is 1.96 bits per heavy atom. The standard InChI is InChI=1S/C17H18N2O3S/c1-13-6-7-17(23(20,21)22)15(10-13)8-9-19(2)16-5-3-4-14(11-16)12-18/h3-7,10-11H,8-9H2,1-2H3,(H,20,21,22). The summed E-state index contributed by atoms with van der Waals surface area (Å²) in [5, 5.41) is 8.95. The Labute approximate surface area is 136 Å². The van der Waals surface area contributed by atoms with Gasteiger partial charge in [0.15, 0.2) is 0 Å². The van der Waals surface area contributed by atoms with Gasteiger partial charge in [0, 0.05) is 19.3 Å². The maximum atomic E-state index is 11.5. The van der Waals surface area contributed by atoms with Gasteiger partial charge in [0.2, 0.25) is 0 Å². The van der Waals surface area contributed by atoms with Crippen LogP contribution < -0.4 is 4.90 Å². The van der Waals surface area contributed by atoms with E-state index in [1.165, 1.54) is 6.07 Å². The number of nitrogens with zero attached hydrogens (tertiary/aromatic N) is 2. The van der Waals surface area contributed by atoms with Crippen LogP contribution in [-0.2, 0) is 16.5 Å². The van der Waals surface area contributed by atoms with Crippen molar-refractivity contribution in [3.8, 4) is 6.07 Å². The number of anilines is 1. The monoisotopic (exact) mass is 330 g/mol. The number of aryl methyl sites for hydroxylation is 1.